The smallest absolute Gasteiger partial charge is 0.153 e. The van der Waals surface area contributed by atoms with Crippen molar-refractivity contribution < 1.29 is 0 Å². The van der Waals surface area contributed by atoms with Crippen LogP contribution in [0.2, 0.25) is 0 Å². The van der Waals surface area contributed by atoms with E-state index < -0.39 is 0 Å². The Morgan fingerprint density at radius 1 is 1.06 bits per heavy atom. The first-order valence-electron chi connectivity index (χ1n) is 5.70. The highest BCUT2D eigenvalue weighted by Crippen LogP contribution is 2.14. The highest BCUT2D eigenvalue weighted by molar-refractivity contribution is 5.55. The minimum absolute atomic E-state index is 0.561. The number of nitrogens with two attached hydrogens (primary N) is 1. The number of rotatable bonds is 4. The normalized spacial score (nSPS) is 10.2. The Labute approximate surface area is 101 Å². The summed E-state index contributed by atoms with van der Waals surface area (Å²) in [5, 5.41) is 11.4. The Balaban J connectivity index is 2.08. The van der Waals surface area contributed by atoms with Crippen molar-refractivity contribution in [3.05, 3.63) is 47.7 Å². The molecule has 0 amide bonds. The Morgan fingerprint density at radius 2 is 1.82 bits per heavy atom. The molecule has 0 aliphatic heterocycles. The number of nitrogens with one attached hydrogen (secondary N) is 1. The van der Waals surface area contributed by atoms with Crippen molar-refractivity contribution >= 4 is 11.5 Å². The standard InChI is InChI=1S/C13H16N4/c1-2-11-7-8-13(17-16-11)15-12-5-3-10(9-14)4-6-12/h3-8H,2,9,14H2,1H3,(H,15,17). The van der Waals surface area contributed by atoms with Gasteiger partial charge in [0.15, 0.2) is 5.82 Å². The number of anilines is 2. The monoisotopic (exact) mass is 228 g/mol. The first-order valence-corrected chi connectivity index (χ1v) is 5.70. The zero-order valence-corrected chi connectivity index (χ0v) is 9.85. The van der Waals surface area contributed by atoms with E-state index >= 15 is 0 Å². The van der Waals surface area contributed by atoms with Gasteiger partial charge in [-0.1, -0.05) is 19.1 Å². The maximum Gasteiger partial charge on any atom is 0.153 e. The molecule has 0 saturated carbocycles. The summed E-state index contributed by atoms with van der Waals surface area (Å²) in [6.07, 6.45) is 0.901. The largest absolute Gasteiger partial charge is 0.339 e. The minimum atomic E-state index is 0.561. The van der Waals surface area contributed by atoms with Gasteiger partial charge < -0.3 is 11.1 Å². The summed E-state index contributed by atoms with van der Waals surface area (Å²) in [6.45, 7) is 2.62. The molecule has 1 aromatic carbocycles. The van der Waals surface area contributed by atoms with Gasteiger partial charge in [-0.3, -0.25) is 0 Å². The second-order valence-electron chi connectivity index (χ2n) is 3.79. The van der Waals surface area contributed by atoms with Crippen molar-refractivity contribution in [2.75, 3.05) is 5.32 Å². The number of nitrogens with zero attached hydrogens (tertiary/aromatic N) is 2. The number of benzene rings is 1. The van der Waals surface area contributed by atoms with E-state index in [2.05, 4.69) is 22.4 Å². The van der Waals surface area contributed by atoms with Crippen molar-refractivity contribution in [2.24, 2.45) is 5.73 Å². The van der Waals surface area contributed by atoms with Gasteiger partial charge in [-0.05, 0) is 36.2 Å². The maximum atomic E-state index is 5.54. The molecule has 0 unspecified atom stereocenters. The van der Waals surface area contributed by atoms with Crippen molar-refractivity contribution in [1.82, 2.24) is 10.2 Å². The van der Waals surface area contributed by atoms with Gasteiger partial charge in [-0.2, -0.15) is 5.10 Å². The summed E-state index contributed by atoms with van der Waals surface area (Å²) >= 11 is 0. The number of aromatic nitrogens is 2. The molecule has 2 rings (SSSR count). The molecule has 1 aromatic heterocycles. The first-order chi connectivity index (χ1) is 8.31. The molecule has 0 saturated heterocycles. The van der Waals surface area contributed by atoms with E-state index in [1.54, 1.807) is 0 Å². The van der Waals surface area contributed by atoms with Crippen molar-refractivity contribution in [2.45, 2.75) is 19.9 Å². The molecule has 2 aromatic rings. The predicted octanol–water partition coefficient (Wildman–Crippen LogP) is 2.24. The average Bonchev–Trinajstić information content (AvgIpc) is 2.40. The van der Waals surface area contributed by atoms with Gasteiger partial charge in [-0.15, -0.1) is 5.10 Å². The van der Waals surface area contributed by atoms with Crippen LogP contribution in [0.15, 0.2) is 36.4 Å². The summed E-state index contributed by atoms with van der Waals surface area (Å²) in [5.41, 5.74) is 8.64. The van der Waals surface area contributed by atoms with E-state index in [0.29, 0.717) is 6.54 Å². The molecule has 4 heteroatoms. The molecule has 0 spiro atoms. The molecular formula is C13H16N4. The van der Waals surface area contributed by atoms with Gasteiger partial charge >= 0.3 is 0 Å². The highest BCUT2D eigenvalue weighted by Gasteiger charge is 1.97. The fourth-order valence-corrected chi connectivity index (χ4v) is 1.49. The van der Waals surface area contributed by atoms with E-state index in [1.165, 1.54) is 0 Å². The quantitative estimate of drug-likeness (QED) is 0.842. The van der Waals surface area contributed by atoms with Crippen molar-refractivity contribution in [1.29, 1.82) is 0 Å². The van der Waals surface area contributed by atoms with Crippen LogP contribution in [-0.2, 0) is 13.0 Å². The van der Waals surface area contributed by atoms with Crippen LogP contribution in [0.5, 0.6) is 0 Å². The topological polar surface area (TPSA) is 63.8 Å². The molecule has 0 aliphatic carbocycles. The Hall–Kier alpha value is -1.94. The van der Waals surface area contributed by atoms with Gasteiger partial charge in [0.25, 0.3) is 0 Å². The third-order valence-electron chi connectivity index (χ3n) is 2.54. The average molecular weight is 228 g/mol. The second kappa shape index (κ2) is 5.41. The number of aryl methyl sites for hydroxylation is 1. The van der Waals surface area contributed by atoms with Gasteiger partial charge in [0.05, 0.1) is 5.69 Å². The fraction of sp³-hybridized carbons (Fsp3) is 0.231. The third-order valence-corrected chi connectivity index (χ3v) is 2.54. The van der Waals surface area contributed by atoms with E-state index in [0.717, 1.165) is 29.2 Å². The lowest BCUT2D eigenvalue weighted by atomic mass is 10.2. The maximum absolute atomic E-state index is 5.54. The lowest BCUT2D eigenvalue weighted by Gasteiger charge is -2.05. The summed E-state index contributed by atoms with van der Waals surface area (Å²) in [6, 6.07) is 11.9. The van der Waals surface area contributed by atoms with Crippen molar-refractivity contribution in [3.63, 3.8) is 0 Å². The lowest BCUT2D eigenvalue weighted by molar-refractivity contribution is 0.923. The molecule has 0 fully saturated rings. The summed E-state index contributed by atoms with van der Waals surface area (Å²) in [4.78, 5) is 0. The van der Waals surface area contributed by atoms with Gasteiger partial charge in [-0.25, -0.2) is 0 Å². The fourth-order valence-electron chi connectivity index (χ4n) is 1.49. The molecule has 17 heavy (non-hydrogen) atoms. The van der Waals surface area contributed by atoms with E-state index in [-0.39, 0.29) is 0 Å². The van der Waals surface area contributed by atoms with Gasteiger partial charge in [0, 0.05) is 12.2 Å². The Bertz CT molecular complexity index is 416. The van der Waals surface area contributed by atoms with Crippen molar-refractivity contribution in [3.8, 4) is 0 Å². The molecule has 1 heterocycles. The highest BCUT2D eigenvalue weighted by atomic mass is 15.2. The minimum Gasteiger partial charge on any atom is -0.339 e. The summed E-state index contributed by atoms with van der Waals surface area (Å²) in [5.74, 6) is 0.752. The molecule has 0 atom stereocenters. The second-order valence-corrected chi connectivity index (χ2v) is 3.79. The zero-order chi connectivity index (χ0) is 12.1. The third kappa shape index (κ3) is 3.01. The van der Waals surface area contributed by atoms with Crippen LogP contribution in [0.3, 0.4) is 0 Å². The van der Waals surface area contributed by atoms with Gasteiger partial charge in [0.2, 0.25) is 0 Å². The molecule has 0 bridgehead atoms. The van der Waals surface area contributed by atoms with Crippen LogP contribution in [0.25, 0.3) is 0 Å². The van der Waals surface area contributed by atoms with Gasteiger partial charge in [0.1, 0.15) is 0 Å². The van der Waals surface area contributed by atoms with E-state index in [9.17, 15) is 0 Å². The number of hydrogen-bond acceptors (Lipinski definition) is 4. The Kier molecular flexibility index (Phi) is 3.67. The Morgan fingerprint density at radius 3 is 2.35 bits per heavy atom. The van der Waals surface area contributed by atoms with Crippen LogP contribution in [0.1, 0.15) is 18.2 Å². The zero-order valence-electron chi connectivity index (χ0n) is 9.85. The van der Waals surface area contributed by atoms with E-state index in [4.69, 9.17) is 5.73 Å². The van der Waals surface area contributed by atoms with Crippen LogP contribution in [-0.4, -0.2) is 10.2 Å². The summed E-state index contributed by atoms with van der Waals surface area (Å²) < 4.78 is 0. The molecule has 3 N–H and O–H groups in total. The summed E-state index contributed by atoms with van der Waals surface area (Å²) in [7, 11) is 0. The van der Waals surface area contributed by atoms with E-state index in [1.807, 2.05) is 36.4 Å². The SMILES string of the molecule is CCc1ccc(Nc2ccc(CN)cc2)nn1. The first kappa shape index (κ1) is 11.5. The lowest BCUT2D eigenvalue weighted by Crippen LogP contribution is -1.99. The molecule has 0 aliphatic rings. The van der Waals surface area contributed by atoms with Crippen LogP contribution < -0.4 is 11.1 Å². The number of hydrogen-bond donors (Lipinski definition) is 2. The molecular weight excluding hydrogens is 212 g/mol. The molecule has 88 valence electrons. The van der Waals surface area contributed by atoms with Crippen LogP contribution in [0.4, 0.5) is 11.5 Å². The molecule has 0 radical (unpaired) electrons. The van der Waals surface area contributed by atoms with Crippen LogP contribution >= 0.6 is 0 Å². The van der Waals surface area contributed by atoms with Crippen LogP contribution in [0, 0.1) is 0 Å². The molecule has 4 nitrogen and oxygen atoms in total. The predicted molar refractivity (Wildman–Crippen MR) is 69.0 cm³/mol.